The van der Waals surface area contributed by atoms with Crippen LogP contribution in [-0.2, 0) is 12.7 Å². The van der Waals surface area contributed by atoms with Crippen molar-refractivity contribution in [1.82, 2.24) is 10.6 Å². The summed E-state index contributed by atoms with van der Waals surface area (Å²) >= 11 is 0. The number of para-hydroxylation sites is 1. The SMILES string of the molecule is NC(=O)c1ccc(Oc2ccccc2CNC(=O)Nc2cc(C(F)(F)F)ccc2OC2CCNCC2)cc1. The maximum absolute atomic E-state index is 13.3. The minimum atomic E-state index is -4.58. The van der Waals surface area contributed by atoms with Crippen LogP contribution in [0.1, 0.15) is 34.3 Å². The van der Waals surface area contributed by atoms with Crippen molar-refractivity contribution >= 4 is 17.6 Å². The van der Waals surface area contributed by atoms with Crippen LogP contribution in [0, 0.1) is 0 Å². The first kappa shape index (κ1) is 26.8. The smallest absolute Gasteiger partial charge is 0.416 e. The molecule has 1 aliphatic rings. The van der Waals surface area contributed by atoms with Gasteiger partial charge >= 0.3 is 12.2 Å². The van der Waals surface area contributed by atoms with Gasteiger partial charge in [0.1, 0.15) is 23.4 Å². The van der Waals surface area contributed by atoms with Crippen molar-refractivity contribution in [2.75, 3.05) is 18.4 Å². The molecular weight excluding hydrogens is 501 g/mol. The fourth-order valence-corrected chi connectivity index (χ4v) is 3.91. The van der Waals surface area contributed by atoms with E-state index in [0.29, 0.717) is 35.5 Å². The van der Waals surface area contributed by atoms with Crippen LogP contribution in [-0.4, -0.2) is 31.1 Å². The van der Waals surface area contributed by atoms with Crippen molar-refractivity contribution in [3.63, 3.8) is 0 Å². The monoisotopic (exact) mass is 528 g/mol. The minimum Gasteiger partial charge on any atom is -0.488 e. The van der Waals surface area contributed by atoms with E-state index in [1.807, 2.05) is 0 Å². The zero-order valence-electron chi connectivity index (χ0n) is 20.3. The van der Waals surface area contributed by atoms with Gasteiger partial charge in [0, 0.05) is 17.7 Å². The molecule has 0 atom stereocenters. The summed E-state index contributed by atoms with van der Waals surface area (Å²) in [5.74, 6) is 0.518. The van der Waals surface area contributed by atoms with Crippen molar-refractivity contribution in [3.8, 4) is 17.2 Å². The Morgan fingerprint density at radius 2 is 1.68 bits per heavy atom. The van der Waals surface area contributed by atoms with E-state index in [1.54, 1.807) is 36.4 Å². The Morgan fingerprint density at radius 3 is 2.37 bits per heavy atom. The molecule has 0 aliphatic carbocycles. The number of carbonyl (C=O) groups excluding carboxylic acids is 2. The second-order valence-corrected chi connectivity index (χ2v) is 8.68. The van der Waals surface area contributed by atoms with Gasteiger partial charge in [-0.2, -0.15) is 13.2 Å². The molecule has 5 N–H and O–H groups in total. The molecule has 3 aromatic rings. The number of ether oxygens (including phenoxy) is 2. The predicted molar refractivity (Wildman–Crippen MR) is 135 cm³/mol. The Kier molecular flexibility index (Phi) is 8.37. The molecule has 4 rings (SSSR count). The zero-order valence-corrected chi connectivity index (χ0v) is 20.3. The molecule has 3 amide bonds. The first-order valence-corrected chi connectivity index (χ1v) is 12.0. The molecule has 8 nitrogen and oxygen atoms in total. The van der Waals surface area contributed by atoms with Gasteiger partial charge < -0.3 is 31.2 Å². The lowest BCUT2D eigenvalue weighted by atomic mass is 10.1. The summed E-state index contributed by atoms with van der Waals surface area (Å²) in [6.07, 6.45) is -3.34. The van der Waals surface area contributed by atoms with Gasteiger partial charge in [0.25, 0.3) is 0 Å². The molecule has 0 spiro atoms. The van der Waals surface area contributed by atoms with Gasteiger partial charge in [-0.1, -0.05) is 18.2 Å². The Bertz CT molecular complexity index is 1280. The van der Waals surface area contributed by atoms with Gasteiger partial charge in [0.05, 0.1) is 11.3 Å². The summed E-state index contributed by atoms with van der Waals surface area (Å²) < 4.78 is 51.8. The highest BCUT2D eigenvalue weighted by Gasteiger charge is 2.32. The molecule has 1 saturated heterocycles. The van der Waals surface area contributed by atoms with Gasteiger partial charge in [0.15, 0.2) is 0 Å². The number of nitrogens with one attached hydrogen (secondary N) is 3. The highest BCUT2D eigenvalue weighted by atomic mass is 19.4. The van der Waals surface area contributed by atoms with Crippen molar-refractivity contribution < 1.29 is 32.2 Å². The van der Waals surface area contributed by atoms with Crippen LogP contribution in [0.4, 0.5) is 23.7 Å². The van der Waals surface area contributed by atoms with Crippen LogP contribution >= 0.6 is 0 Å². The molecule has 1 aliphatic heterocycles. The Labute approximate surface area is 217 Å². The van der Waals surface area contributed by atoms with Crippen molar-refractivity contribution in [2.45, 2.75) is 31.7 Å². The highest BCUT2D eigenvalue weighted by molar-refractivity contribution is 5.93. The third kappa shape index (κ3) is 7.16. The number of piperidine rings is 1. The largest absolute Gasteiger partial charge is 0.488 e. The third-order valence-corrected chi connectivity index (χ3v) is 5.91. The van der Waals surface area contributed by atoms with Gasteiger partial charge in [-0.05, 0) is 74.5 Å². The number of anilines is 1. The molecule has 1 fully saturated rings. The van der Waals surface area contributed by atoms with Crippen LogP contribution < -0.4 is 31.2 Å². The van der Waals surface area contributed by atoms with E-state index in [1.165, 1.54) is 18.2 Å². The first-order chi connectivity index (χ1) is 18.2. The number of rotatable bonds is 8. The van der Waals surface area contributed by atoms with Gasteiger partial charge in [0.2, 0.25) is 5.91 Å². The maximum atomic E-state index is 13.3. The highest BCUT2D eigenvalue weighted by Crippen LogP contribution is 2.36. The maximum Gasteiger partial charge on any atom is 0.416 e. The van der Waals surface area contributed by atoms with E-state index in [4.69, 9.17) is 15.2 Å². The minimum absolute atomic E-state index is 0.0326. The van der Waals surface area contributed by atoms with Crippen molar-refractivity contribution in [1.29, 1.82) is 0 Å². The Balaban J connectivity index is 1.44. The van der Waals surface area contributed by atoms with E-state index in [9.17, 15) is 22.8 Å². The number of hydrogen-bond donors (Lipinski definition) is 4. The number of hydrogen-bond acceptors (Lipinski definition) is 5. The average molecular weight is 529 g/mol. The molecule has 0 saturated carbocycles. The first-order valence-electron chi connectivity index (χ1n) is 12.0. The average Bonchev–Trinajstić information content (AvgIpc) is 2.89. The fraction of sp³-hybridized carbons (Fsp3) is 0.259. The summed E-state index contributed by atoms with van der Waals surface area (Å²) in [5.41, 5.74) is 5.24. The molecule has 38 heavy (non-hydrogen) atoms. The summed E-state index contributed by atoms with van der Waals surface area (Å²) in [7, 11) is 0. The van der Waals surface area contributed by atoms with E-state index < -0.39 is 23.7 Å². The normalized spacial score (nSPS) is 14.0. The lowest BCUT2D eigenvalue weighted by Gasteiger charge is -2.25. The van der Waals surface area contributed by atoms with Crippen LogP contribution in [0.25, 0.3) is 0 Å². The molecule has 0 bridgehead atoms. The lowest BCUT2D eigenvalue weighted by molar-refractivity contribution is -0.137. The van der Waals surface area contributed by atoms with E-state index in [0.717, 1.165) is 25.2 Å². The van der Waals surface area contributed by atoms with E-state index in [2.05, 4.69) is 16.0 Å². The molecule has 0 radical (unpaired) electrons. The third-order valence-electron chi connectivity index (χ3n) is 5.91. The van der Waals surface area contributed by atoms with Gasteiger partial charge in [-0.3, -0.25) is 4.79 Å². The molecule has 11 heteroatoms. The van der Waals surface area contributed by atoms with Gasteiger partial charge in [-0.25, -0.2) is 4.79 Å². The number of primary amides is 1. The molecule has 1 heterocycles. The van der Waals surface area contributed by atoms with Crippen molar-refractivity contribution in [3.05, 3.63) is 83.4 Å². The Morgan fingerprint density at radius 1 is 0.974 bits per heavy atom. The standard InChI is InChI=1S/C27H27F3N4O4/c28-27(29,30)19-7-10-24(38-21-11-13-32-14-12-21)22(15-19)34-26(36)33-16-18-3-1-2-4-23(18)37-20-8-5-17(6-9-20)25(31)35/h1-10,15,21,32H,11-14,16H2,(H2,31,35)(H2,33,34,36). The number of halogens is 3. The van der Waals surface area contributed by atoms with E-state index in [-0.39, 0.29) is 24.1 Å². The zero-order chi connectivity index (χ0) is 27.1. The quantitative estimate of drug-likeness (QED) is 0.327. The number of nitrogens with two attached hydrogens (primary N) is 1. The van der Waals surface area contributed by atoms with Crippen LogP contribution in [0.2, 0.25) is 0 Å². The molecule has 3 aromatic carbocycles. The fourth-order valence-electron chi connectivity index (χ4n) is 3.91. The summed E-state index contributed by atoms with van der Waals surface area (Å²) in [4.78, 5) is 24.0. The van der Waals surface area contributed by atoms with E-state index >= 15 is 0 Å². The predicted octanol–water partition coefficient (Wildman–Crippen LogP) is 5.05. The number of urea groups is 1. The molecular formula is C27H27F3N4O4. The number of alkyl halides is 3. The molecule has 0 aromatic heterocycles. The molecule has 200 valence electrons. The summed E-state index contributed by atoms with van der Waals surface area (Å²) in [5, 5.41) is 8.34. The van der Waals surface area contributed by atoms with Crippen LogP contribution in [0.15, 0.2) is 66.7 Å². The van der Waals surface area contributed by atoms with Crippen LogP contribution in [0.5, 0.6) is 17.2 Å². The van der Waals surface area contributed by atoms with Gasteiger partial charge in [-0.15, -0.1) is 0 Å². The Hall–Kier alpha value is -4.25. The summed E-state index contributed by atoms with van der Waals surface area (Å²) in [6, 6.07) is 15.5. The number of amides is 3. The second kappa shape index (κ2) is 11.9. The second-order valence-electron chi connectivity index (χ2n) is 8.68. The number of benzene rings is 3. The topological polar surface area (TPSA) is 115 Å². The summed E-state index contributed by atoms with van der Waals surface area (Å²) in [6.45, 7) is 1.52. The van der Waals surface area contributed by atoms with Crippen LogP contribution in [0.3, 0.4) is 0 Å². The molecule has 0 unspecified atom stereocenters. The van der Waals surface area contributed by atoms with Crippen molar-refractivity contribution in [2.24, 2.45) is 5.73 Å². The lowest BCUT2D eigenvalue weighted by Crippen LogP contribution is -2.34. The number of carbonyl (C=O) groups is 2.